The number of hydrogen-bond donors (Lipinski definition) is 1. The Morgan fingerprint density at radius 3 is 2.12 bits per heavy atom. The monoisotopic (exact) mass is 526 g/mol. The van der Waals surface area contributed by atoms with Crippen LogP contribution in [-0.4, -0.2) is 25.7 Å². The Morgan fingerprint density at radius 1 is 1.09 bits per heavy atom. The Bertz CT molecular complexity index is 1310. The number of alkyl halides is 3. The Hall–Kier alpha value is -3.40. The maximum Gasteiger partial charge on any atom is 0.436 e. The van der Waals surface area contributed by atoms with Crippen molar-refractivity contribution in [2.24, 2.45) is 0 Å². The first-order valence-electron chi connectivity index (χ1n) is 8.14. The number of ketones is 1. The van der Waals surface area contributed by atoms with E-state index in [2.05, 4.69) is 10.1 Å². The summed E-state index contributed by atoms with van der Waals surface area (Å²) in [5.41, 5.74) is -7.52. The van der Waals surface area contributed by atoms with E-state index in [1.54, 1.807) is 0 Å². The van der Waals surface area contributed by atoms with Gasteiger partial charge < -0.3 is 5.11 Å². The Morgan fingerprint density at radius 2 is 1.64 bits per heavy atom. The van der Waals surface area contributed by atoms with E-state index < -0.39 is 80.8 Å². The predicted octanol–water partition coefficient (Wildman–Crippen LogP) is 4.10. The number of nitriles is 1. The largest absolute Gasteiger partial charge is 0.493 e. The third-order valence-corrected chi connectivity index (χ3v) is 4.17. The van der Waals surface area contributed by atoms with Gasteiger partial charge in [0, 0.05) is 25.0 Å². The fourth-order valence-electron chi connectivity index (χ4n) is 2.77. The Balaban J connectivity index is 0.00000385. The second-order valence-corrected chi connectivity index (χ2v) is 6.18. The molecule has 0 saturated heterocycles. The average molecular weight is 528 g/mol. The van der Waals surface area contributed by atoms with Crippen LogP contribution in [0, 0.1) is 47.5 Å². The summed E-state index contributed by atoms with van der Waals surface area (Å²) >= 11 is 0. The number of halogens is 8. The van der Waals surface area contributed by atoms with Gasteiger partial charge in [0.05, 0.1) is 5.69 Å². The van der Waals surface area contributed by atoms with Crippen LogP contribution in [0.15, 0.2) is 12.1 Å². The molecule has 0 aliphatic heterocycles. The Labute approximate surface area is 190 Å². The minimum atomic E-state index is -5.55. The van der Waals surface area contributed by atoms with Crippen LogP contribution in [0.4, 0.5) is 35.1 Å². The van der Waals surface area contributed by atoms with E-state index in [4.69, 9.17) is 5.26 Å². The van der Waals surface area contributed by atoms with Crippen molar-refractivity contribution < 1.29 is 64.5 Å². The van der Waals surface area contributed by atoms with Crippen LogP contribution in [0.3, 0.4) is 0 Å². The SMILES string of the molecule is Cc1nn(-c2c(F)c(F)nc(C(F)(F)F)c2F)c(O)c1C(=O)c1cc(F)c(C#N)c(F)c1.[Zn]. The summed E-state index contributed by atoms with van der Waals surface area (Å²) in [6.07, 6.45) is -5.55. The quantitative estimate of drug-likeness (QED) is 0.240. The molecule has 0 radical (unpaired) electrons. The van der Waals surface area contributed by atoms with Gasteiger partial charge in [0.25, 0.3) is 5.95 Å². The number of carbonyl (C=O) groups excluding carboxylic acids is 1. The van der Waals surface area contributed by atoms with Gasteiger partial charge in [-0.05, 0) is 19.1 Å². The van der Waals surface area contributed by atoms with Gasteiger partial charge in [0.1, 0.15) is 34.5 Å². The topological polar surface area (TPSA) is 91.8 Å². The number of aryl methyl sites for hydroxylation is 1. The molecule has 3 rings (SSSR count). The summed E-state index contributed by atoms with van der Waals surface area (Å²) in [5, 5.41) is 22.3. The van der Waals surface area contributed by atoms with E-state index in [9.17, 15) is 45.0 Å². The molecule has 0 fully saturated rings. The number of pyridine rings is 1. The van der Waals surface area contributed by atoms with E-state index in [0.717, 1.165) is 6.92 Å². The van der Waals surface area contributed by atoms with E-state index >= 15 is 0 Å². The summed E-state index contributed by atoms with van der Waals surface area (Å²) < 4.78 is 108. The van der Waals surface area contributed by atoms with E-state index in [1.165, 1.54) is 6.07 Å². The molecule has 0 spiro atoms. The molecule has 0 saturated carbocycles. The molecule has 0 atom stereocenters. The third-order valence-electron chi connectivity index (χ3n) is 4.17. The number of aromatic hydroxyl groups is 1. The smallest absolute Gasteiger partial charge is 0.436 e. The van der Waals surface area contributed by atoms with Gasteiger partial charge in [-0.25, -0.2) is 18.2 Å². The van der Waals surface area contributed by atoms with Crippen molar-refractivity contribution in [1.29, 1.82) is 5.26 Å². The maximum atomic E-state index is 14.4. The zero-order valence-electron chi connectivity index (χ0n) is 16.0. The number of nitrogens with zero attached hydrogens (tertiary/aromatic N) is 4. The number of benzene rings is 1. The fraction of sp³-hybridized carbons (Fsp3) is 0.111. The first kappa shape index (κ1) is 25.9. The van der Waals surface area contributed by atoms with Gasteiger partial charge >= 0.3 is 6.18 Å². The molecule has 0 amide bonds. The molecule has 168 valence electrons. The van der Waals surface area contributed by atoms with Crippen LogP contribution in [0.1, 0.15) is 32.9 Å². The molecule has 0 bridgehead atoms. The summed E-state index contributed by atoms with van der Waals surface area (Å²) in [7, 11) is 0. The summed E-state index contributed by atoms with van der Waals surface area (Å²) in [4.78, 5) is 14.8. The van der Waals surface area contributed by atoms with E-state index in [0.29, 0.717) is 12.1 Å². The normalized spacial score (nSPS) is 11.2. The molecule has 0 unspecified atom stereocenters. The summed E-state index contributed by atoms with van der Waals surface area (Å²) in [5.74, 6) is -12.8. The molecule has 15 heteroatoms. The second-order valence-electron chi connectivity index (χ2n) is 6.18. The number of hydrogen-bond acceptors (Lipinski definition) is 5. The maximum absolute atomic E-state index is 14.4. The van der Waals surface area contributed by atoms with Gasteiger partial charge in [0.15, 0.2) is 11.5 Å². The van der Waals surface area contributed by atoms with Gasteiger partial charge in [-0.2, -0.15) is 37.0 Å². The number of aromatic nitrogens is 3. The molecule has 0 aliphatic rings. The summed E-state index contributed by atoms with van der Waals surface area (Å²) in [6, 6.07) is 2.06. The second kappa shape index (κ2) is 8.86. The van der Waals surface area contributed by atoms with Gasteiger partial charge in [0.2, 0.25) is 17.5 Å². The third kappa shape index (κ3) is 4.30. The number of rotatable bonds is 3. The van der Waals surface area contributed by atoms with Crippen LogP contribution in [0.5, 0.6) is 5.88 Å². The van der Waals surface area contributed by atoms with Crippen molar-refractivity contribution in [2.45, 2.75) is 13.1 Å². The van der Waals surface area contributed by atoms with Crippen LogP contribution < -0.4 is 0 Å². The zero-order chi connectivity index (χ0) is 24.1. The standard InChI is InChI=1S/C18H6F8N4O2.Zn/c1-5-10(14(31)6-2-8(19)7(4-27)9(20)3-6)17(32)30(29-5)13-11(21)15(18(24,25)26)28-16(23)12(13)22;/h2-3,32H,1H3;. The molecule has 3 aromatic rings. The molecule has 2 heterocycles. The minimum absolute atomic E-state index is 0. The first-order valence-corrected chi connectivity index (χ1v) is 8.14. The van der Waals surface area contributed by atoms with Crippen LogP contribution in [0.25, 0.3) is 5.69 Å². The zero-order valence-corrected chi connectivity index (χ0v) is 19.0. The predicted molar refractivity (Wildman–Crippen MR) is 87.1 cm³/mol. The molecule has 1 aromatic carbocycles. The van der Waals surface area contributed by atoms with Crippen molar-refractivity contribution in [1.82, 2.24) is 14.8 Å². The average Bonchev–Trinajstić information content (AvgIpc) is 2.97. The van der Waals surface area contributed by atoms with Crippen molar-refractivity contribution in [3.8, 4) is 17.6 Å². The first-order chi connectivity index (χ1) is 14.8. The molecular weight excluding hydrogens is 522 g/mol. The van der Waals surface area contributed by atoms with Gasteiger partial charge in [-0.3, -0.25) is 4.79 Å². The Kier molecular flexibility index (Phi) is 6.94. The molecule has 0 aliphatic carbocycles. The minimum Gasteiger partial charge on any atom is -0.493 e. The van der Waals surface area contributed by atoms with E-state index in [1.807, 2.05) is 0 Å². The van der Waals surface area contributed by atoms with Crippen LogP contribution in [0.2, 0.25) is 0 Å². The summed E-state index contributed by atoms with van der Waals surface area (Å²) in [6.45, 7) is 0.970. The van der Waals surface area contributed by atoms with Crippen LogP contribution in [-0.2, 0) is 25.7 Å². The molecular formula is C18H6F8N4O2Zn. The van der Waals surface area contributed by atoms with Gasteiger partial charge in [-0.15, -0.1) is 0 Å². The van der Waals surface area contributed by atoms with Gasteiger partial charge in [-0.1, -0.05) is 0 Å². The number of carbonyl (C=O) groups is 1. The van der Waals surface area contributed by atoms with Crippen molar-refractivity contribution in [2.75, 3.05) is 0 Å². The van der Waals surface area contributed by atoms with Crippen molar-refractivity contribution >= 4 is 5.78 Å². The van der Waals surface area contributed by atoms with Crippen molar-refractivity contribution in [3.63, 3.8) is 0 Å². The fourth-order valence-corrected chi connectivity index (χ4v) is 2.77. The molecule has 2 aromatic heterocycles. The van der Waals surface area contributed by atoms with E-state index in [-0.39, 0.29) is 24.2 Å². The molecule has 33 heavy (non-hydrogen) atoms. The van der Waals surface area contributed by atoms with Crippen molar-refractivity contribution in [3.05, 3.63) is 69.4 Å². The molecule has 6 nitrogen and oxygen atoms in total. The van der Waals surface area contributed by atoms with Crippen LogP contribution >= 0.6 is 0 Å². The molecule has 1 N–H and O–H groups in total.